The molecule has 0 saturated carbocycles. The third-order valence-electron chi connectivity index (χ3n) is 2.62. The van der Waals surface area contributed by atoms with E-state index in [1.807, 2.05) is 23.4 Å². The molecule has 18 heavy (non-hydrogen) atoms. The molecule has 2 rings (SSSR count). The molecule has 94 valence electrons. The van der Waals surface area contributed by atoms with E-state index in [1.165, 1.54) is 10.9 Å². The van der Waals surface area contributed by atoms with Crippen LogP contribution in [0, 0.1) is 10.1 Å². The lowest BCUT2D eigenvalue weighted by Crippen LogP contribution is -2.15. The van der Waals surface area contributed by atoms with E-state index in [4.69, 9.17) is 5.73 Å². The van der Waals surface area contributed by atoms with Crippen molar-refractivity contribution in [2.75, 3.05) is 17.7 Å². The molecule has 5 nitrogen and oxygen atoms in total. The zero-order valence-corrected chi connectivity index (χ0v) is 10.7. The molecule has 2 aromatic rings. The Balaban J connectivity index is 2.18. The molecule has 0 amide bonds. The molecule has 0 aliphatic heterocycles. The van der Waals surface area contributed by atoms with Gasteiger partial charge in [0, 0.05) is 23.7 Å². The van der Waals surface area contributed by atoms with Crippen LogP contribution in [0.15, 0.2) is 35.7 Å². The highest BCUT2D eigenvalue weighted by Gasteiger charge is 2.12. The first-order valence-corrected chi connectivity index (χ1v) is 6.23. The molecule has 0 aliphatic carbocycles. The number of hydrogen-bond acceptors (Lipinski definition) is 5. The molecule has 0 unspecified atom stereocenters. The lowest BCUT2D eigenvalue weighted by molar-refractivity contribution is -0.383. The van der Waals surface area contributed by atoms with E-state index in [2.05, 4.69) is 6.07 Å². The predicted octanol–water partition coefficient (Wildman–Crippen LogP) is 2.87. The maximum absolute atomic E-state index is 10.7. The normalized spacial score (nSPS) is 10.3. The summed E-state index contributed by atoms with van der Waals surface area (Å²) in [6.07, 6.45) is 0. The van der Waals surface area contributed by atoms with Gasteiger partial charge < -0.3 is 10.6 Å². The highest BCUT2D eigenvalue weighted by molar-refractivity contribution is 7.09. The SMILES string of the molecule is CN(Cc1cccs1)c1ccc([N+](=O)[O-])c(N)c1. The molecule has 6 heteroatoms. The van der Waals surface area contributed by atoms with Crippen LogP contribution in [0.25, 0.3) is 0 Å². The van der Waals surface area contributed by atoms with E-state index in [1.54, 1.807) is 23.5 Å². The van der Waals surface area contributed by atoms with Gasteiger partial charge in [-0.15, -0.1) is 11.3 Å². The quantitative estimate of drug-likeness (QED) is 0.523. The average molecular weight is 263 g/mol. The molecule has 0 atom stereocenters. The number of nitro groups is 1. The van der Waals surface area contributed by atoms with Crippen LogP contribution in [-0.2, 0) is 6.54 Å². The molecule has 0 aliphatic rings. The lowest BCUT2D eigenvalue weighted by atomic mass is 10.2. The van der Waals surface area contributed by atoms with E-state index in [0.717, 1.165) is 12.2 Å². The van der Waals surface area contributed by atoms with Crippen LogP contribution >= 0.6 is 11.3 Å². The summed E-state index contributed by atoms with van der Waals surface area (Å²) in [6.45, 7) is 0.759. The molecule has 2 N–H and O–H groups in total. The Morgan fingerprint density at radius 2 is 2.22 bits per heavy atom. The third kappa shape index (κ3) is 2.60. The van der Waals surface area contributed by atoms with Crippen molar-refractivity contribution in [3.63, 3.8) is 0 Å². The number of anilines is 2. The van der Waals surface area contributed by atoms with Crippen LogP contribution in [0.1, 0.15) is 4.88 Å². The lowest BCUT2D eigenvalue weighted by Gasteiger charge is -2.18. The minimum atomic E-state index is -0.474. The van der Waals surface area contributed by atoms with Gasteiger partial charge in [-0.2, -0.15) is 0 Å². The van der Waals surface area contributed by atoms with Gasteiger partial charge in [0.2, 0.25) is 0 Å². The molecule has 0 radical (unpaired) electrons. The van der Waals surface area contributed by atoms with Crippen LogP contribution in [0.2, 0.25) is 0 Å². The second-order valence-electron chi connectivity index (χ2n) is 3.94. The molecular weight excluding hydrogens is 250 g/mol. The zero-order chi connectivity index (χ0) is 13.1. The van der Waals surface area contributed by atoms with Gasteiger partial charge in [-0.25, -0.2) is 0 Å². The van der Waals surface area contributed by atoms with E-state index in [-0.39, 0.29) is 11.4 Å². The van der Waals surface area contributed by atoms with Gasteiger partial charge >= 0.3 is 0 Å². The molecule has 0 spiro atoms. The molecule has 1 aromatic heterocycles. The summed E-state index contributed by atoms with van der Waals surface area (Å²) < 4.78 is 0. The first-order valence-electron chi connectivity index (χ1n) is 5.35. The van der Waals surface area contributed by atoms with Gasteiger partial charge in [0.25, 0.3) is 5.69 Å². The number of thiophene rings is 1. The number of nitrogens with two attached hydrogens (primary N) is 1. The minimum absolute atomic E-state index is 0.0525. The number of nitrogens with zero attached hydrogens (tertiary/aromatic N) is 2. The maximum atomic E-state index is 10.7. The van der Waals surface area contributed by atoms with Crippen LogP contribution < -0.4 is 10.6 Å². The third-order valence-corrected chi connectivity index (χ3v) is 3.48. The molecule has 0 fully saturated rings. The summed E-state index contributed by atoms with van der Waals surface area (Å²) >= 11 is 1.68. The first-order chi connectivity index (χ1) is 8.58. The molecule has 1 aromatic carbocycles. The van der Waals surface area contributed by atoms with Gasteiger partial charge in [-0.05, 0) is 23.6 Å². The Morgan fingerprint density at radius 3 is 2.78 bits per heavy atom. The summed E-state index contributed by atoms with van der Waals surface area (Å²) in [4.78, 5) is 13.4. The fraction of sp³-hybridized carbons (Fsp3) is 0.167. The van der Waals surface area contributed by atoms with Gasteiger partial charge in [0.1, 0.15) is 5.69 Å². The van der Waals surface area contributed by atoms with Crippen LogP contribution in [0.4, 0.5) is 17.1 Å². The van der Waals surface area contributed by atoms with Gasteiger partial charge in [-0.1, -0.05) is 6.07 Å². The van der Waals surface area contributed by atoms with E-state index in [9.17, 15) is 10.1 Å². The van der Waals surface area contributed by atoms with E-state index in [0.29, 0.717) is 0 Å². The van der Waals surface area contributed by atoms with Crippen molar-refractivity contribution in [3.05, 3.63) is 50.7 Å². The topological polar surface area (TPSA) is 72.4 Å². The molecule has 0 saturated heterocycles. The van der Waals surface area contributed by atoms with Crippen molar-refractivity contribution in [1.82, 2.24) is 0 Å². The highest BCUT2D eigenvalue weighted by atomic mass is 32.1. The Kier molecular flexibility index (Phi) is 3.47. The number of rotatable bonds is 4. The Labute approximate surface area is 109 Å². The standard InChI is InChI=1S/C12H13N3O2S/c1-14(8-10-3-2-6-18-10)9-4-5-12(15(16)17)11(13)7-9/h2-7H,8,13H2,1H3. The summed E-state index contributed by atoms with van der Waals surface area (Å²) in [5.41, 5.74) is 6.67. The van der Waals surface area contributed by atoms with Crippen molar-refractivity contribution in [3.8, 4) is 0 Å². The first kappa shape index (κ1) is 12.4. The summed E-state index contributed by atoms with van der Waals surface area (Å²) in [5.74, 6) is 0. The summed E-state index contributed by atoms with van der Waals surface area (Å²) in [6, 6.07) is 8.83. The van der Waals surface area contributed by atoms with Crippen LogP contribution in [0.5, 0.6) is 0 Å². The monoisotopic (exact) mass is 263 g/mol. The molecule has 0 bridgehead atoms. The van der Waals surface area contributed by atoms with Crippen molar-refractivity contribution in [2.24, 2.45) is 0 Å². The minimum Gasteiger partial charge on any atom is -0.393 e. The molecule has 1 heterocycles. The van der Waals surface area contributed by atoms with Gasteiger partial charge in [0.05, 0.1) is 11.5 Å². The highest BCUT2D eigenvalue weighted by Crippen LogP contribution is 2.27. The number of nitro benzene ring substituents is 1. The zero-order valence-electron chi connectivity index (χ0n) is 9.87. The van der Waals surface area contributed by atoms with E-state index >= 15 is 0 Å². The largest absolute Gasteiger partial charge is 0.393 e. The fourth-order valence-corrected chi connectivity index (χ4v) is 2.43. The second-order valence-corrected chi connectivity index (χ2v) is 4.97. The maximum Gasteiger partial charge on any atom is 0.292 e. The van der Waals surface area contributed by atoms with Crippen LogP contribution in [-0.4, -0.2) is 12.0 Å². The fourth-order valence-electron chi connectivity index (χ4n) is 1.67. The van der Waals surface area contributed by atoms with E-state index < -0.39 is 4.92 Å². The van der Waals surface area contributed by atoms with Crippen molar-refractivity contribution in [1.29, 1.82) is 0 Å². The number of nitrogen functional groups attached to an aromatic ring is 1. The Morgan fingerprint density at radius 1 is 1.44 bits per heavy atom. The van der Waals surface area contributed by atoms with Gasteiger partial charge in [-0.3, -0.25) is 10.1 Å². The summed E-state index contributed by atoms with van der Waals surface area (Å²) in [7, 11) is 1.93. The van der Waals surface area contributed by atoms with Gasteiger partial charge in [0.15, 0.2) is 0 Å². The Hall–Kier alpha value is -2.08. The average Bonchev–Trinajstić information content (AvgIpc) is 2.81. The summed E-state index contributed by atoms with van der Waals surface area (Å²) in [5, 5.41) is 12.7. The Bertz CT molecular complexity index is 554. The number of benzene rings is 1. The van der Waals surface area contributed by atoms with Crippen LogP contribution in [0.3, 0.4) is 0 Å². The van der Waals surface area contributed by atoms with Crippen molar-refractivity contribution >= 4 is 28.4 Å². The predicted molar refractivity (Wildman–Crippen MR) is 73.9 cm³/mol. The smallest absolute Gasteiger partial charge is 0.292 e. The number of hydrogen-bond donors (Lipinski definition) is 1. The second kappa shape index (κ2) is 5.05. The molecular formula is C12H13N3O2S. The van der Waals surface area contributed by atoms with Crippen molar-refractivity contribution in [2.45, 2.75) is 6.54 Å². The van der Waals surface area contributed by atoms with Crippen molar-refractivity contribution < 1.29 is 4.92 Å².